The molecular formula is C30H30N4O4. The molecular weight excluding hydrogens is 480 g/mol. The molecule has 8 heteroatoms. The Bertz CT molecular complexity index is 1600. The van der Waals surface area contributed by atoms with E-state index in [1.165, 1.54) is 0 Å². The summed E-state index contributed by atoms with van der Waals surface area (Å²) in [6.07, 6.45) is 0.647. The van der Waals surface area contributed by atoms with Crippen LogP contribution in [-0.4, -0.2) is 42.1 Å². The number of aliphatic carboxylic acids is 2. The van der Waals surface area contributed by atoms with E-state index in [4.69, 9.17) is 9.97 Å². The molecule has 2 aliphatic rings. The number of nitrogens with zero attached hydrogens (tertiary/aromatic N) is 2. The number of aromatic nitrogens is 4. The molecule has 0 aromatic carbocycles. The smallest absolute Gasteiger partial charge is 0.303 e. The Morgan fingerprint density at radius 1 is 0.632 bits per heavy atom. The Kier molecular flexibility index (Phi) is 6.48. The fourth-order valence-corrected chi connectivity index (χ4v) is 5.10. The van der Waals surface area contributed by atoms with Crippen molar-refractivity contribution in [2.24, 2.45) is 0 Å². The van der Waals surface area contributed by atoms with Crippen LogP contribution in [0.2, 0.25) is 0 Å². The van der Waals surface area contributed by atoms with E-state index in [-0.39, 0.29) is 12.8 Å². The Labute approximate surface area is 219 Å². The van der Waals surface area contributed by atoms with Gasteiger partial charge in [-0.25, -0.2) is 9.97 Å². The predicted molar refractivity (Wildman–Crippen MR) is 149 cm³/mol. The number of nitrogens with one attached hydrogen (secondary N) is 2. The molecule has 0 saturated heterocycles. The molecule has 4 N–H and O–H groups in total. The molecule has 3 aromatic heterocycles. The molecule has 5 rings (SSSR count). The number of aromatic amines is 2. The third-order valence-corrected chi connectivity index (χ3v) is 7.25. The lowest BCUT2D eigenvalue weighted by molar-refractivity contribution is -0.137. The van der Waals surface area contributed by atoms with Gasteiger partial charge in [0.05, 0.1) is 22.8 Å². The van der Waals surface area contributed by atoms with Gasteiger partial charge < -0.3 is 20.2 Å². The van der Waals surface area contributed by atoms with E-state index in [2.05, 4.69) is 42.0 Å². The van der Waals surface area contributed by atoms with Crippen LogP contribution in [0.3, 0.4) is 0 Å². The zero-order valence-electron chi connectivity index (χ0n) is 21.9. The maximum atomic E-state index is 11.4. The second-order valence-electron chi connectivity index (χ2n) is 9.98. The zero-order valence-corrected chi connectivity index (χ0v) is 21.9. The van der Waals surface area contributed by atoms with Crippen molar-refractivity contribution in [2.45, 2.75) is 53.4 Å². The number of hydrogen-bond acceptors (Lipinski definition) is 4. The number of rotatable bonds is 6. The molecule has 0 saturated carbocycles. The normalized spacial score (nSPS) is 13.4. The van der Waals surface area contributed by atoms with Crippen molar-refractivity contribution in [1.82, 2.24) is 19.9 Å². The van der Waals surface area contributed by atoms with Crippen molar-refractivity contribution < 1.29 is 19.8 Å². The average molecular weight is 511 g/mol. The predicted octanol–water partition coefficient (Wildman–Crippen LogP) is 6.52. The van der Waals surface area contributed by atoms with E-state index >= 15 is 0 Å². The summed E-state index contributed by atoms with van der Waals surface area (Å²) in [6.45, 7) is 8.03. The molecule has 3 aromatic rings. The van der Waals surface area contributed by atoms with Crippen LogP contribution < -0.4 is 0 Å². The van der Waals surface area contributed by atoms with E-state index in [9.17, 15) is 19.8 Å². The first kappa shape index (κ1) is 25.2. The Morgan fingerprint density at radius 3 is 1.45 bits per heavy atom. The van der Waals surface area contributed by atoms with E-state index in [1.54, 1.807) is 0 Å². The summed E-state index contributed by atoms with van der Waals surface area (Å²) in [5.74, 6) is -1.75. The number of carboxylic acids is 2. The van der Waals surface area contributed by atoms with Crippen LogP contribution in [0.25, 0.3) is 44.4 Å². The average Bonchev–Trinajstić information content (AvgIpc) is 3.53. The maximum absolute atomic E-state index is 11.4. The summed E-state index contributed by atoms with van der Waals surface area (Å²) in [4.78, 5) is 39.6. The third-order valence-electron chi connectivity index (χ3n) is 7.25. The highest BCUT2D eigenvalue weighted by Crippen LogP contribution is 2.37. The molecule has 5 heterocycles. The summed E-state index contributed by atoms with van der Waals surface area (Å²) in [6, 6.07) is 12.1. The molecule has 0 atom stereocenters. The Balaban J connectivity index is 1.84. The Hall–Kier alpha value is -4.46. The van der Waals surface area contributed by atoms with Crippen molar-refractivity contribution in [3.05, 3.63) is 70.3 Å². The lowest BCUT2D eigenvalue weighted by atomic mass is 9.98. The van der Waals surface area contributed by atoms with Crippen LogP contribution in [0.1, 0.15) is 73.4 Å². The summed E-state index contributed by atoms with van der Waals surface area (Å²) in [5, 5.41) is 18.7. The fourth-order valence-electron chi connectivity index (χ4n) is 5.10. The Morgan fingerprint density at radius 2 is 1.05 bits per heavy atom. The molecule has 0 amide bonds. The minimum atomic E-state index is -0.873. The van der Waals surface area contributed by atoms with E-state index < -0.39 is 11.9 Å². The van der Waals surface area contributed by atoms with Crippen molar-refractivity contribution >= 4 is 56.3 Å². The van der Waals surface area contributed by atoms with Gasteiger partial charge >= 0.3 is 11.9 Å². The maximum Gasteiger partial charge on any atom is 0.303 e. The highest BCUT2D eigenvalue weighted by Gasteiger charge is 2.22. The number of fused-ring (bicyclic) bond motifs is 8. The van der Waals surface area contributed by atoms with Gasteiger partial charge in [0.1, 0.15) is 0 Å². The van der Waals surface area contributed by atoms with Crippen LogP contribution in [0.4, 0.5) is 0 Å². The molecule has 0 aliphatic carbocycles. The molecule has 194 valence electrons. The zero-order chi connectivity index (χ0) is 27.1. The highest BCUT2D eigenvalue weighted by atomic mass is 16.4. The van der Waals surface area contributed by atoms with Gasteiger partial charge in [0.25, 0.3) is 0 Å². The number of carboxylic acid groups (broad SMARTS) is 2. The van der Waals surface area contributed by atoms with Gasteiger partial charge in [-0.05, 0) is 110 Å². The topological polar surface area (TPSA) is 132 Å². The molecule has 2 aliphatic heterocycles. The SMILES string of the molecule is CC1=C(CCC(=O)O)c2cc3nc(cc4cc(C)c(cc5[nH]c(cc1n2)cc5C)[nH]4)C(C)=C3CCC(=O)O. The third kappa shape index (κ3) is 4.89. The minimum Gasteiger partial charge on any atom is -0.481 e. The summed E-state index contributed by atoms with van der Waals surface area (Å²) in [7, 11) is 0. The van der Waals surface area contributed by atoms with Gasteiger partial charge in [0.2, 0.25) is 0 Å². The highest BCUT2D eigenvalue weighted by molar-refractivity contribution is 5.96. The fraction of sp³-hybridized carbons (Fsp3) is 0.267. The van der Waals surface area contributed by atoms with Gasteiger partial charge in [-0.3, -0.25) is 9.59 Å². The monoisotopic (exact) mass is 510 g/mol. The van der Waals surface area contributed by atoms with Crippen molar-refractivity contribution in [3.8, 4) is 0 Å². The van der Waals surface area contributed by atoms with Crippen LogP contribution in [0.15, 0.2) is 36.4 Å². The molecule has 8 nitrogen and oxygen atoms in total. The van der Waals surface area contributed by atoms with Gasteiger partial charge in [0, 0.05) is 34.9 Å². The number of allylic oxidation sites excluding steroid dienone is 4. The molecule has 0 unspecified atom stereocenters. The number of carbonyl (C=O) groups is 2. The van der Waals surface area contributed by atoms with Gasteiger partial charge in [-0.2, -0.15) is 0 Å². The van der Waals surface area contributed by atoms with Crippen molar-refractivity contribution in [3.63, 3.8) is 0 Å². The van der Waals surface area contributed by atoms with E-state index in [1.807, 2.05) is 32.0 Å². The molecule has 0 radical (unpaired) electrons. The standard InChI is InChI=1S/C30H30N4O4/c1-15-9-19-11-25-17(3)21(5-7-29(35)36)27(33-25)14-28-22(6-8-30(37)38)18(4)26(34-28)12-20-10-16(2)24(32-20)13-23(15)31-19/h9-14,31-32H,5-8H2,1-4H3,(H,35,36)(H,37,38). The van der Waals surface area contributed by atoms with Crippen LogP contribution in [0.5, 0.6) is 0 Å². The summed E-state index contributed by atoms with van der Waals surface area (Å²) < 4.78 is 0. The first-order chi connectivity index (χ1) is 18.1. The van der Waals surface area contributed by atoms with Crippen molar-refractivity contribution in [1.29, 1.82) is 0 Å². The van der Waals surface area contributed by atoms with E-state index in [0.717, 1.165) is 66.9 Å². The number of H-pyrrole nitrogens is 2. The van der Waals surface area contributed by atoms with E-state index in [0.29, 0.717) is 24.2 Å². The first-order valence-electron chi connectivity index (χ1n) is 12.6. The quantitative estimate of drug-likeness (QED) is 0.298. The first-order valence-corrected chi connectivity index (χ1v) is 12.6. The number of hydrogen-bond donors (Lipinski definition) is 4. The van der Waals surface area contributed by atoms with Crippen molar-refractivity contribution in [2.75, 3.05) is 0 Å². The largest absolute Gasteiger partial charge is 0.481 e. The van der Waals surface area contributed by atoms with Crippen LogP contribution in [0, 0.1) is 13.8 Å². The lowest BCUT2D eigenvalue weighted by Crippen LogP contribution is -1.97. The molecule has 0 fully saturated rings. The molecule has 38 heavy (non-hydrogen) atoms. The van der Waals surface area contributed by atoms with Gasteiger partial charge in [0.15, 0.2) is 0 Å². The minimum absolute atomic E-state index is 0.0137. The summed E-state index contributed by atoms with van der Waals surface area (Å²) >= 11 is 0. The number of aryl methyl sites for hydroxylation is 2. The second-order valence-corrected chi connectivity index (χ2v) is 9.98. The van der Waals surface area contributed by atoms with Crippen LogP contribution in [-0.2, 0) is 9.59 Å². The molecule has 0 spiro atoms. The lowest BCUT2D eigenvalue weighted by Gasteiger charge is -2.05. The summed E-state index contributed by atoms with van der Waals surface area (Å²) in [5.41, 5.74) is 12.4. The second kappa shape index (κ2) is 9.78. The molecule has 8 bridgehead atoms. The van der Waals surface area contributed by atoms with Gasteiger partial charge in [-0.15, -0.1) is 0 Å². The van der Waals surface area contributed by atoms with Gasteiger partial charge in [-0.1, -0.05) is 0 Å². The van der Waals surface area contributed by atoms with Crippen LogP contribution >= 0.6 is 0 Å².